The monoisotopic (exact) mass is 220 g/mol. The average molecular weight is 221 g/mol. The molecule has 1 atom stereocenters. The van der Waals surface area contributed by atoms with Crippen molar-refractivity contribution in [2.75, 3.05) is 0 Å². The molecule has 0 bridgehead atoms. The highest BCUT2D eigenvalue weighted by atomic mass is 35.5. The van der Waals surface area contributed by atoms with Crippen LogP contribution in [0.1, 0.15) is 18.5 Å². The first kappa shape index (κ1) is 12.8. The van der Waals surface area contributed by atoms with E-state index in [1.165, 1.54) is 0 Å². The lowest BCUT2D eigenvalue weighted by Crippen LogP contribution is -2.07. The Bertz CT molecular complexity index is 344. The fourth-order valence-electron chi connectivity index (χ4n) is 0.994. The van der Waals surface area contributed by atoms with Gasteiger partial charge in [-0.2, -0.15) is 0 Å². The predicted octanol–water partition coefficient (Wildman–Crippen LogP) is 2.18. The molecular weight excluding hydrogens is 211 g/mol. The van der Waals surface area contributed by atoms with Crippen LogP contribution in [0.25, 0.3) is 0 Å². The van der Waals surface area contributed by atoms with Gasteiger partial charge < -0.3 is 5.73 Å². The SMILES string of the molecule is C[C@@H](N)c1cc([N+](=O)[O-])ccc1F.Cl. The summed E-state index contributed by atoms with van der Waals surface area (Å²) in [7, 11) is 0. The zero-order valence-corrected chi connectivity index (χ0v) is 8.25. The summed E-state index contributed by atoms with van der Waals surface area (Å²) in [6, 6.07) is 2.78. The van der Waals surface area contributed by atoms with Crippen LogP contribution in [0.5, 0.6) is 0 Å². The molecule has 0 saturated heterocycles. The highest BCUT2D eigenvalue weighted by Gasteiger charge is 2.12. The third kappa shape index (κ3) is 2.65. The quantitative estimate of drug-likeness (QED) is 0.614. The first-order chi connectivity index (χ1) is 6.02. The van der Waals surface area contributed by atoms with E-state index < -0.39 is 16.8 Å². The molecule has 0 aliphatic heterocycles. The molecule has 14 heavy (non-hydrogen) atoms. The third-order valence-electron chi connectivity index (χ3n) is 1.68. The lowest BCUT2D eigenvalue weighted by Gasteiger charge is -2.05. The molecule has 0 radical (unpaired) electrons. The van der Waals surface area contributed by atoms with Crippen molar-refractivity contribution in [3.05, 3.63) is 39.7 Å². The van der Waals surface area contributed by atoms with Crippen LogP contribution in [0.15, 0.2) is 18.2 Å². The van der Waals surface area contributed by atoms with Gasteiger partial charge in [-0.15, -0.1) is 12.4 Å². The number of nitrogens with zero attached hydrogens (tertiary/aromatic N) is 1. The lowest BCUT2D eigenvalue weighted by molar-refractivity contribution is -0.385. The number of benzene rings is 1. The van der Waals surface area contributed by atoms with Gasteiger partial charge >= 0.3 is 0 Å². The number of halogens is 2. The van der Waals surface area contributed by atoms with E-state index in [9.17, 15) is 14.5 Å². The van der Waals surface area contributed by atoms with Crippen molar-refractivity contribution in [3.63, 3.8) is 0 Å². The molecular formula is C8H10ClFN2O2. The second kappa shape index (κ2) is 4.88. The van der Waals surface area contributed by atoms with Crippen molar-refractivity contribution in [2.24, 2.45) is 5.73 Å². The maximum atomic E-state index is 13.0. The molecule has 0 heterocycles. The molecule has 0 unspecified atom stereocenters. The van der Waals surface area contributed by atoms with Crippen LogP contribution in [-0.4, -0.2) is 4.92 Å². The zero-order valence-electron chi connectivity index (χ0n) is 7.44. The Morgan fingerprint density at radius 2 is 2.14 bits per heavy atom. The van der Waals surface area contributed by atoms with Gasteiger partial charge in [-0.1, -0.05) is 0 Å². The van der Waals surface area contributed by atoms with E-state index >= 15 is 0 Å². The summed E-state index contributed by atoms with van der Waals surface area (Å²) in [6.07, 6.45) is 0. The molecule has 0 amide bonds. The molecule has 4 nitrogen and oxygen atoms in total. The molecule has 78 valence electrons. The Morgan fingerprint density at radius 3 is 2.57 bits per heavy atom. The fourth-order valence-corrected chi connectivity index (χ4v) is 0.994. The lowest BCUT2D eigenvalue weighted by atomic mass is 10.1. The van der Waals surface area contributed by atoms with Gasteiger partial charge in [-0.05, 0) is 13.0 Å². The third-order valence-corrected chi connectivity index (χ3v) is 1.68. The zero-order chi connectivity index (χ0) is 10.0. The van der Waals surface area contributed by atoms with E-state index in [4.69, 9.17) is 5.73 Å². The predicted molar refractivity (Wildman–Crippen MR) is 52.9 cm³/mol. The van der Waals surface area contributed by atoms with E-state index in [-0.39, 0.29) is 23.7 Å². The second-order valence-electron chi connectivity index (χ2n) is 2.75. The van der Waals surface area contributed by atoms with E-state index in [0.29, 0.717) is 0 Å². The van der Waals surface area contributed by atoms with Gasteiger partial charge in [0.15, 0.2) is 0 Å². The number of hydrogen-bond donors (Lipinski definition) is 1. The number of non-ortho nitro benzene ring substituents is 1. The highest BCUT2D eigenvalue weighted by Crippen LogP contribution is 2.20. The van der Waals surface area contributed by atoms with Crippen LogP contribution in [0, 0.1) is 15.9 Å². The van der Waals surface area contributed by atoms with Crippen LogP contribution < -0.4 is 5.73 Å². The Hall–Kier alpha value is -1.20. The minimum absolute atomic E-state index is 0. The number of nitro groups is 1. The van der Waals surface area contributed by atoms with Gasteiger partial charge in [0.2, 0.25) is 0 Å². The molecule has 2 N–H and O–H groups in total. The van der Waals surface area contributed by atoms with E-state index in [2.05, 4.69) is 0 Å². The molecule has 0 spiro atoms. The van der Waals surface area contributed by atoms with Gasteiger partial charge in [0, 0.05) is 23.7 Å². The Morgan fingerprint density at radius 1 is 1.57 bits per heavy atom. The number of nitrogens with two attached hydrogens (primary N) is 1. The average Bonchev–Trinajstić information content (AvgIpc) is 2.04. The topological polar surface area (TPSA) is 69.2 Å². The van der Waals surface area contributed by atoms with Gasteiger partial charge in [0.25, 0.3) is 5.69 Å². The van der Waals surface area contributed by atoms with Crippen molar-refractivity contribution in [1.82, 2.24) is 0 Å². The Balaban J connectivity index is 0.00000169. The normalized spacial score (nSPS) is 11.6. The maximum Gasteiger partial charge on any atom is 0.269 e. The number of rotatable bonds is 2. The second-order valence-corrected chi connectivity index (χ2v) is 2.75. The maximum absolute atomic E-state index is 13.0. The Kier molecular flexibility index (Phi) is 4.46. The molecule has 1 rings (SSSR count). The van der Waals surface area contributed by atoms with Crippen molar-refractivity contribution >= 4 is 18.1 Å². The van der Waals surface area contributed by atoms with Gasteiger partial charge in [0.05, 0.1) is 4.92 Å². The van der Waals surface area contributed by atoms with Crippen LogP contribution in [0.4, 0.5) is 10.1 Å². The molecule has 6 heteroatoms. The standard InChI is InChI=1S/C8H9FN2O2.ClH/c1-5(10)7-4-6(11(12)13)2-3-8(7)9;/h2-5H,10H2,1H3;1H/t5-;/m1./s1. The largest absolute Gasteiger partial charge is 0.324 e. The van der Waals surface area contributed by atoms with E-state index in [1.807, 2.05) is 0 Å². The van der Waals surface area contributed by atoms with Gasteiger partial charge in [-0.25, -0.2) is 4.39 Å². The smallest absolute Gasteiger partial charge is 0.269 e. The highest BCUT2D eigenvalue weighted by molar-refractivity contribution is 5.85. The fraction of sp³-hybridized carbons (Fsp3) is 0.250. The minimum Gasteiger partial charge on any atom is -0.324 e. The molecule has 0 saturated carbocycles. The van der Waals surface area contributed by atoms with Crippen molar-refractivity contribution in [3.8, 4) is 0 Å². The van der Waals surface area contributed by atoms with Gasteiger partial charge in [0.1, 0.15) is 5.82 Å². The van der Waals surface area contributed by atoms with E-state index in [0.717, 1.165) is 18.2 Å². The van der Waals surface area contributed by atoms with E-state index in [1.54, 1.807) is 6.92 Å². The summed E-state index contributed by atoms with van der Waals surface area (Å²) >= 11 is 0. The summed E-state index contributed by atoms with van der Waals surface area (Å²) in [4.78, 5) is 9.75. The first-order valence-corrected chi connectivity index (χ1v) is 3.72. The molecule has 0 fully saturated rings. The summed E-state index contributed by atoms with van der Waals surface area (Å²) in [5.41, 5.74) is 5.44. The summed E-state index contributed by atoms with van der Waals surface area (Å²) in [5.74, 6) is -0.513. The number of hydrogen-bond acceptors (Lipinski definition) is 3. The summed E-state index contributed by atoms with van der Waals surface area (Å²) in [6.45, 7) is 1.57. The van der Waals surface area contributed by atoms with Crippen molar-refractivity contribution in [2.45, 2.75) is 13.0 Å². The summed E-state index contributed by atoms with van der Waals surface area (Å²) in [5, 5.41) is 10.3. The van der Waals surface area contributed by atoms with Crippen LogP contribution in [0.3, 0.4) is 0 Å². The van der Waals surface area contributed by atoms with Crippen LogP contribution in [0.2, 0.25) is 0 Å². The van der Waals surface area contributed by atoms with Crippen LogP contribution >= 0.6 is 12.4 Å². The van der Waals surface area contributed by atoms with Gasteiger partial charge in [-0.3, -0.25) is 10.1 Å². The first-order valence-electron chi connectivity index (χ1n) is 3.72. The van der Waals surface area contributed by atoms with Crippen molar-refractivity contribution < 1.29 is 9.31 Å². The Labute approximate surface area is 86.5 Å². The molecule has 0 aromatic heterocycles. The summed E-state index contributed by atoms with van der Waals surface area (Å²) < 4.78 is 13.0. The number of nitro benzene ring substituents is 1. The van der Waals surface area contributed by atoms with Crippen molar-refractivity contribution in [1.29, 1.82) is 0 Å². The molecule has 0 aliphatic rings. The minimum atomic E-state index is -0.578. The molecule has 1 aromatic rings. The molecule has 1 aromatic carbocycles. The van der Waals surface area contributed by atoms with Crippen LogP contribution in [-0.2, 0) is 0 Å². The molecule has 0 aliphatic carbocycles.